The van der Waals surface area contributed by atoms with Crippen LogP contribution in [-0.4, -0.2) is 55.6 Å². The number of nitrogens with zero attached hydrogens (tertiary/aromatic N) is 6. The van der Waals surface area contributed by atoms with Crippen molar-refractivity contribution in [2.75, 3.05) is 18.0 Å². The highest BCUT2D eigenvalue weighted by Crippen LogP contribution is 2.45. The van der Waals surface area contributed by atoms with Crippen molar-refractivity contribution in [2.24, 2.45) is 5.92 Å². The fraction of sp³-hybridized carbons (Fsp3) is 0.700. The first-order valence-corrected chi connectivity index (χ1v) is 10.8. The molecule has 2 aliphatic heterocycles. The summed E-state index contributed by atoms with van der Waals surface area (Å²) in [4.78, 5) is 11.4. The van der Waals surface area contributed by atoms with Crippen LogP contribution in [0.25, 0.3) is 0 Å². The molecule has 4 unspecified atom stereocenters. The molecule has 2 aromatic heterocycles. The van der Waals surface area contributed by atoms with Crippen molar-refractivity contribution in [3.05, 3.63) is 30.7 Å². The first-order chi connectivity index (χ1) is 14.2. The van der Waals surface area contributed by atoms with E-state index in [0.29, 0.717) is 24.1 Å². The monoisotopic (exact) mass is 396 g/mol. The SMILES string of the molecule is CC1(OC2CCC3NNC(c4cc(N5CC(n6cnnc6)C5)ncn4)C3C2)CC1. The minimum absolute atomic E-state index is 0.146. The summed E-state index contributed by atoms with van der Waals surface area (Å²) in [5, 5.41) is 7.81. The zero-order chi connectivity index (χ0) is 19.4. The minimum Gasteiger partial charge on any atom is -0.372 e. The molecule has 9 heteroatoms. The van der Waals surface area contributed by atoms with Crippen molar-refractivity contribution < 1.29 is 4.74 Å². The first kappa shape index (κ1) is 17.7. The molecule has 4 fully saturated rings. The van der Waals surface area contributed by atoms with E-state index in [-0.39, 0.29) is 11.6 Å². The Labute approximate surface area is 170 Å². The maximum absolute atomic E-state index is 6.41. The van der Waals surface area contributed by atoms with Crippen molar-refractivity contribution in [3.8, 4) is 0 Å². The standard InChI is InChI=1S/C20H28N8O/c1-20(4-5-20)29-14-2-3-16-15(6-14)19(26-25-16)17-7-18(22-10-21-17)27-8-13(9-27)28-11-23-24-12-28/h7,10-16,19,25-26H,2-6,8-9H2,1H3. The number of ether oxygens (including phenoxy) is 1. The van der Waals surface area contributed by atoms with Gasteiger partial charge >= 0.3 is 0 Å². The molecule has 0 spiro atoms. The Bertz CT molecular complexity index is 863. The minimum atomic E-state index is 0.146. The van der Waals surface area contributed by atoms with Crippen LogP contribution in [0.3, 0.4) is 0 Å². The van der Waals surface area contributed by atoms with Gasteiger partial charge in [-0.25, -0.2) is 15.4 Å². The quantitative estimate of drug-likeness (QED) is 0.783. The van der Waals surface area contributed by atoms with Crippen LogP contribution < -0.4 is 15.8 Å². The van der Waals surface area contributed by atoms with Gasteiger partial charge in [0, 0.05) is 31.1 Å². The van der Waals surface area contributed by atoms with Crippen LogP contribution in [0, 0.1) is 5.92 Å². The summed E-state index contributed by atoms with van der Waals surface area (Å²) in [6.45, 7) is 4.09. The number of fused-ring (bicyclic) bond motifs is 1. The van der Waals surface area contributed by atoms with Crippen LogP contribution in [0.5, 0.6) is 0 Å². The molecule has 154 valence electrons. The lowest BCUT2D eigenvalue weighted by atomic mass is 9.79. The molecule has 4 aliphatic rings. The Kier molecular flexibility index (Phi) is 4.11. The molecule has 2 aromatic rings. The van der Waals surface area contributed by atoms with Crippen molar-refractivity contribution >= 4 is 5.82 Å². The number of anilines is 1. The average molecular weight is 396 g/mol. The molecule has 2 saturated heterocycles. The van der Waals surface area contributed by atoms with E-state index in [1.54, 1.807) is 19.0 Å². The summed E-state index contributed by atoms with van der Waals surface area (Å²) in [7, 11) is 0. The number of rotatable bonds is 5. The Balaban J connectivity index is 1.14. The fourth-order valence-corrected chi connectivity index (χ4v) is 5.05. The predicted molar refractivity (Wildman–Crippen MR) is 106 cm³/mol. The molecule has 0 aromatic carbocycles. The van der Waals surface area contributed by atoms with E-state index >= 15 is 0 Å². The topological polar surface area (TPSA) is 93.0 Å². The molecule has 0 bridgehead atoms. The summed E-state index contributed by atoms with van der Waals surface area (Å²) in [5.74, 6) is 1.50. The van der Waals surface area contributed by atoms with Crippen LogP contribution in [0.4, 0.5) is 5.82 Å². The molecule has 4 heterocycles. The van der Waals surface area contributed by atoms with Crippen LogP contribution in [0.15, 0.2) is 25.0 Å². The molecule has 0 radical (unpaired) electrons. The molecular formula is C20H28N8O. The third kappa shape index (κ3) is 3.31. The Morgan fingerprint density at radius 3 is 2.72 bits per heavy atom. The highest BCUT2D eigenvalue weighted by Gasteiger charge is 2.46. The van der Waals surface area contributed by atoms with E-state index in [1.807, 2.05) is 0 Å². The molecule has 9 nitrogen and oxygen atoms in total. The van der Waals surface area contributed by atoms with Gasteiger partial charge in [0.15, 0.2) is 0 Å². The third-order valence-electron chi connectivity index (χ3n) is 7.15. The van der Waals surface area contributed by atoms with Crippen molar-refractivity contribution in [1.29, 1.82) is 0 Å². The second-order valence-electron chi connectivity index (χ2n) is 9.31. The van der Waals surface area contributed by atoms with E-state index in [0.717, 1.165) is 43.9 Å². The largest absolute Gasteiger partial charge is 0.372 e. The molecule has 4 atom stereocenters. The number of nitrogens with one attached hydrogen (secondary N) is 2. The smallest absolute Gasteiger partial charge is 0.132 e. The van der Waals surface area contributed by atoms with Gasteiger partial charge in [-0.1, -0.05) is 0 Å². The normalized spacial score (nSPS) is 33.3. The predicted octanol–water partition coefficient (Wildman–Crippen LogP) is 1.38. The first-order valence-electron chi connectivity index (χ1n) is 10.8. The summed E-state index contributed by atoms with van der Waals surface area (Å²) < 4.78 is 8.47. The average Bonchev–Trinajstić information content (AvgIpc) is 3.10. The summed E-state index contributed by atoms with van der Waals surface area (Å²) in [6.07, 6.45) is 11.4. The van der Waals surface area contributed by atoms with E-state index in [4.69, 9.17) is 4.74 Å². The van der Waals surface area contributed by atoms with Crippen molar-refractivity contribution in [1.82, 2.24) is 35.6 Å². The zero-order valence-corrected chi connectivity index (χ0v) is 16.7. The van der Waals surface area contributed by atoms with Gasteiger partial charge in [0.1, 0.15) is 24.8 Å². The summed E-state index contributed by atoms with van der Waals surface area (Å²) in [6, 6.07) is 3.26. The van der Waals surface area contributed by atoms with Crippen LogP contribution in [0.2, 0.25) is 0 Å². The number of hydrazine groups is 1. The summed E-state index contributed by atoms with van der Waals surface area (Å²) >= 11 is 0. The maximum Gasteiger partial charge on any atom is 0.132 e. The molecular weight excluding hydrogens is 368 g/mol. The Hall–Kier alpha value is -2.10. The number of hydrogen-bond acceptors (Lipinski definition) is 8. The van der Waals surface area contributed by atoms with Crippen LogP contribution >= 0.6 is 0 Å². The Morgan fingerprint density at radius 2 is 1.93 bits per heavy atom. The Morgan fingerprint density at radius 1 is 1.10 bits per heavy atom. The lowest BCUT2D eigenvalue weighted by Gasteiger charge is -2.40. The lowest BCUT2D eigenvalue weighted by Crippen LogP contribution is -2.48. The second-order valence-corrected chi connectivity index (χ2v) is 9.31. The van der Waals surface area contributed by atoms with Gasteiger partial charge < -0.3 is 14.2 Å². The number of hydrogen-bond donors (Lipinski definition) is 2. The van der Waals surface area contributed by atoms with Gasteiger partial charge in [-0.15, -0.1) is 10.2 Å². The van der Waals surface area contributed by atoms with E-state index in [9.17, 15) is 0 Å². The van der Waals surface area contributed by atoms with Gasteiger partial charge in [0.25, 0.3) is 0 Å². The van der Waals surface area contributed by atoms with E-state index in [2.05, 4.69) is 53.5 Å². The summed E-state index contributed by atoms with van der Waals surface area (Å²) in [5.41, 5.74) is 8.24. The third-order valence-corrected chi connectivity index (χ3v) is 7.15. The molecule has 0 amide bonds. The second kappa shape index (κ2) is 6.72. The molecule has 2 N–H and O–H groups in total. The highest BCUT2D eigenvalue weighted by atomic mass is 16.5. The molecule has 29 heavy (non-hydrogen) atoms. The van der Waals surface area contributed by atoms with Gasteiger partial charge in [-0.3, -0.25) is 5.43 Å². The lowest BCUT2D eigenvalue weighted by molar-refractivity contribution is -0.0500. The fourth-order valence-electron chi connectivity index (χ4n) is 5.05. The molecule has 2 saturated carbocycles. The van der Waals surface area contributed by atoms with E-state index in [1.165, 1.54) is 12.8 Å². The number of aromatic nitrogens is 5. The van der Waals surface area contributed by atoms with Crippen molar-refractivity contribution in [3.63, 3.8) is 0 Å². The zero-order valence-electron chi connectivity index (χ0n) is 16.7. The van der Waals surface area contributed by atoms with Gasteiger partial charge in [0.2, 0.25) is 0 Å². The van der Waals surface area contributed by atoms with Gasteiger partial charge in [0.05, 0.1) is 29.5 Å². The molecule has 2 aliphatic carbocycles. The highest BCUT2D eigenvalue weighted by molar-refractivity contribution is 5.43. The maximum atomic E-state index is 6.41. The van der Waals surface area contributed by atoms with E-state index < -0.39 is 0 Å². The van der Waals surface area contributed by atoms with Crippen molar-refractivity contribution in [2.45, 2.75) is 68.9 Å². The van der Waals surface area contributed by atoms with Gasteiger partial charge in [-0.05, 0) is 39.0 Å². The van der Waals surface area contributed by atoms with Crippen LogP contribution in [0.1, 0.15) is 56.8 Å². The van der Waals surface area contributed by atoms with Gasteiger partial charge in [-0.2, -0.15) is 0 Å². The molecule has 6 rings (SSSR count). The van der Waals surface area contributed by atoms with Crippen LogP contribution in [-0.2, 0) is 4.74 Å².